The van der Waals surface area contributed by atoms with Gasteiger partial charge < -0.3 is 29.3 Å². The summed E-state index contributed by atoms with van der Waals surface area (Å²) in [5.74, 6) is 0.842. The molecule has 3 aromatic carbocycles. The van der Waals surface area contributed by atoms with Gasteiger partial charge in [-0.2, -0.15) is 0 Å². The maximum absolute atomic E-state index is 14.4. The summed E-state index contributed by atoms with van der Waals surface area (Å²) in [6.07, 6.45) is 4.27. The maximum atomic E-state index is 14.4. The summed E-state index contributed by atoms with van der Waals surface area (Å²) < 4.78 is 19.0. The second kappa shape index (κ2) is 18.8. The smallest absolute Gasteiger partial charge is 0.256 e. The lowest BCUT2D eigenvalue weighted by Gasteiger charge is -2.32. The van der Waals surface area contributed by atoms with Crippen LogP contribution < -0.4 is 19.7 Å². The highest BCUT2D eigenvalue weighted by molar-refractivity contribution is 6.30. The number of likely N-dealkylation sites (tertiary alicyclic amines) is 1. The van der Waals surface area contributed by atoms with E-state index >= 15 is 0 Å². The third-order valence-electron chi connectivity index (χ3n) is 9.02. The van der Waals surface area contributed by atoms with Gasteiger partial charge in [-0.15, -0.1) is 12.4 Å². The number of fused-ring (bicyclic) bond motifs is 1. The van der Waals surface area contributed by atoms with Gasteiger partial charge in [-0.25, -0.2) is 0 Å². The van der Waals surface area contributed by atoms with E-state index in [0.717, 1.165) is 57.2 Å². The lowest BCUT2D eigenvalue weighted by atomic mass is 9.94. The summed E-state index contributed by atoms with van der Waals surface area (Å²) >= 11 is 6.61. The van der Waals surface area contributed by atoms with Crippen molar-refractivity contribution >= 4 is 41.5 Å². The lowest BCUT2D eigenvalue weighted by molar-refractivity contribution is -0.143. The zero-order valence-corrected chi connectivity index (χ0v) is 31.5. The molecule has 2 atom stereocenters. The summed E-state index contributed by atoms with van der Waals surface area (Å²) in [5, 5.41) is 4.04. The van der Waals surface area contributed by atoms with Crippen molar-refractivity contribution in [1.82, 2.24) is 10.2 Å². The van der Waals surface area contributed by atoms with E-state index in [-0.39, 0.29) is 36.1 Å². The number of carbonyl (C=O) groups is 2. The van der Waals surface area contributed by atoms with Crippen LogP contribution in [0, 0.1) is 5.41 Å². The van der Waals surface area contributed by atoms with Crippen molar-refractivity contribution in [3.8, 4) is 11.5 Å². The Balaban J connectivity index is 0.00000562. The highest BCUT2D eigenvalue weighted by Crippen LogP contribution is 2.46. The number of hydrogen-bond acceptors (Lipinski definition) is 6. The normalized spacial score (nSPS) is 17.8. The fourth-order valence-corrected chi connectivity index (χ4v) is 6.83. The van der Waals surface area contributed by atoms with Crippen LogP contribution in [0.5, 0.6) is 11.5 Å². The van der Waals surface area contributed by atoms with Crippen LogP contribution in [0.3, 0.4) is 0 Å². The van der Waals surface area contributed by atoms with Gasteiger partial charge in [0.05, 0.1) is 20.1 Å². The Bertz CT molecular complexity index is 1540. The first kappa shape index (κ1) is 39.5. The number of para-hydroxylation sites is 1. The largest absolute Gasteiger partial charge is 0.492 e. The van der Waals surface area contributed by atoms with E-state index in [2.05, 4.69) is 50.4 Å². The number of hydrogen-bond donors (Lipinski definition) is 1. The number of anilines is 1. The topological polar surface area (TPSA) is 80.3 Å². The first-order valence-electron chi connectivity index (χ1n) is 17.7. The van der Waals surface area contributed by atoms with Crippen molar-refractivity contribution in [3.05, 3.63) is 88.4 Å². The molecule has 2 amide bonds. The summed E-state index contributed by atoms with van der Waals surface area (Å²) in [7, 11) is 1.62. The number of piperidine rings is 1. The average molecular weight is 727 g/mol. The van der Waals surface area contributed by atoms with Gasteiger partial charge in [0.2, 0.25) is 5.91 Å². The van der Waals surface area contributed by atoms with E-state index in [0.29, 0.717) is 54.0 Å². The predicted octanol–water partition coefficient (Wildman–Crippen LogP) is 8.03. The number of carbonyl (C=O) groups excluding carboxylic acids is 2. The Morgan fingerprint density at radius 3 is 2.42 bits per heavy atom. The Labute approximate surface area is 309 Å². The molecule has 10 heteroatoms. The molecule has 2 heterocycles. The van der Waals surface area contributed by atoms with Gasteiger partial charge in [-0.3, -0.25) is 9.59 Å². The standard InChI is InChI=1S/C40H52ClN3O5.ClH/c1-40(2,3)28-44-33-20-19-30(41)26-32(33)37(49-35(39(44)46)27-36(45)43-23-9-6-10-24-43)31-17-11-18-34(38(31)47-4)48-25-13-22-42-21-12-16-29-14-7-5-8-15-29;/h5,7-8,11,14-15,17-20,26,35,37,42H,6,9-10,12-13,16,21-25,27-28H2,1-4H3;1H/t35-,37-;/m1./s1. The molecule has 2 aliphatic rings. The molecule has 272 valence electrons. The van der Waals surface area contributed by atoms with Crippen LogP contribution in [0.2, 0.25) is 5.02 Å². The van der Waals surface area contributed by atoms with Gasteiger partial charge in [-0.05, 0) is 86.9 Å². The van der Waals surface area contributed by atoms with Crippen molar-refractivity contribution in [2.75, 3.05) is 51.3 Å². The van der Waals surface area contributed by atoms with Crippen molar-refractivity contribution in [2.24, 2.45) is 5.41 Å². The first-order valence-corrected chi connectivity index (χ1v) is 18.1. The highest BCUT2D eigenvalue weighted by atomic mass is 35.5. The van der Waals surface area contributed by atoms with Crippen molar-refractivity contribution < 1.29 is 23.8 Å². The molecular formula is C40H53Cl2N3O5. The van der Waals surface area contributed by atoms with E-state index in [1.54, 1.807) is 18.1 Å². The number of methoxy groups -OCH3 is 1. The van der Waals surface area contributed by atoms with E-state index in [1.165, 1.54) is 5.56 Å². The number of nitrogens with zero attached hydrogens (tertiary/aromatic N) is 2. The van der Waals surface area contributed by atoms with Gasteiger partial charge in [0.15, 0.2) is 11.5 Å². The first-order chi connectivity index (χ1) is 23.6. The summed E-state index contributed by atoms with van der Waals surface area (Å²) in [4.78, 5) is 31.6. The predicted molar refractivity (Wildman–Crippen MR) is 203 cm³/mol. The summed E-state index contributed by atoms with van der Waals surface area (Å²) in [5.41, 5.74) is 3.31. The summed E-state index contributed by atoms with van der Waals surface area (Å²) in [6.45, 7) is 10.4. The second-order valence-electron chi connectivity index (χ2n) is 14.3. The molecule has 3 aromatic rings. The molecule has 1 N–H and O–H groups in total. The summed E-state index contributed by atoms with van der Waals surface area (Å²) in [6, 6.07) is 21.8. The number of ether oxygens (including phenoxy) is 3. The molecule has 0 unspecified atom stereocenters. The zero-order chi connectivity index (χ0) is 34.8. The average Bonchev–Trinajstić information content (AvgIpc) is 3.19. The van der Waals surface area contributed by atoms with Gasteiger partial charge in [0.1, 0.15) is 12.2 Å². The minimum atomic E-state index is -0.991. The Hall–Kier alpha value is -3.30. The van der Waals surface area contributed by atoms with Crippen LogP contribution in [-0.2, 0) is 20.7 Å². The number of halogens is 2. The number of aryl methyl sites for hydroxylation is 1. The molecule has 0 spiro atoms. The zero-order valence-electron chi connectivity index (χ0n) is 29.9. The van der Waals surface area contributed by atoms with Crippen LogP contribution >= 0.6 is 24.0 Å². The van der Waals surface area contributed by atoms with Crippen LogP contribution in [0.1, 0.15) is 82.1 Å². The van der Waals surface area contributed by atoms with Crippen molar-refractivity contribution in [2.45, 2.75) is 77.9 Å². The molecule has 0 saturated carbocycles. The molecule has 0 aliphatic carbocycles. The van der Waals surface area contributed by atoms with Crippen LogP contribution in [0.15, 0.2) is 66.7 Å². The van der Waals surface area contributed by atoms with Crippen LogP contribution in [-0.4, -0.2) is 69.3 Å². The minimum Gasteiger partial charge on any atom is -0.492 e. The number of nitrogens with one attached hydrogen (secondary N) is 1. The molecule has 1 fully saturated rings. The third-order valence-corrected chi connectivity index (χ3v) is 9.25. The molecule has 0 aromatic heterocycles. The van der Waals surface area contributed by atoms with Crippen LogP contribution in [0.25, 0.3) is 0 Å². The third kappa shape index (κ3) is 10.6. The lowest BCUT2D eigenvalue weighted by Crippen LogP contribution is -2.46. The number of rotatable bonds is 14. The van der Waals surface area contributed by atoms with Gasteiger partial charge in [0, 0.05) is 41.5 Å². The number of benzene rings is 3. The molecule has 0 bridgehead atoms. The molecular weight excluding hydrogens is 673 g/mol. The molecule has 50 heavy (non-hydrogen) atoms. The van der Waals surface area contributed by atoms with Crippen LogP contribution in [0.4, 0.5) is 5.69 Å². The molecule has 8 nitrogen and oxygen atoms in total. The van der Waals surface area contributed by atoms with Gasteiger partial charge >= 0.3 is 0 Å². The molecule has 1 saturated heterocycles. The molecule has 0 radical (unpaired) electrons. The van der Waals surface area contributed by atoms with E-state index < -0.39 is 12.2 Å². The van der Waals surface area contributed by atoms with Gasteiger partial charge in [-0.1, -0.05) is 74.8 Å². The van der Waals surface area contributed by atoms with E-state index in [4.69, 9.17) is 25.8 Å². The Morgan fingerprint density at radius 2 is 1.70 bits per heavy atom. The maximum Gasteiger partial charge on any atom is 0.256 e. The van der Waals surface area contributed by atoms with E-state index in [1.807, 2.05) is 41.3 Å². The fourth-order valence-electron chi connectivity index (χ4n) is 6.65. The highest BCUT2D eigenvalue weighted by Gasteiger charge is 2.40. The molecule has 5 rings (SSSR count). The van der Waals surface area contributed by atoms with Crippen molar-refractivity contribution in [1.29, 1.82) is 0 Å². The quantitative estimate of drug-likeness (QED) is 0.170. The van der Waals surface area contributed by atoms with Crippen molar-refractivity contribution in [3.63, 3.8) is 0 Å². The Kier molecular flexibility index (Phi) is 14.8. The fraction of sp³-hybridized carbons (Fsp3) is 0.500. The second-order valence-corrected chi connectivity index (χ2v) is 14.7. The van der Waals surface area contributed by atoms with E-state index in [9.17, 15) is 9.59 Å². The number of amides is 2. The minimum absolute atomic E-state index is 0. The van der Waals surface area contributed by atoms with Gasteiger partial charge in [0.25, 0.3) is 5.91 Å². The SMILES string of the molecule is COc1c(OCCCNCCCc2ccccc2)cccc1[C@H]1O[C@H](CC(=O)N2CCCCC2)C(=O)N(CC(C)(C)C)c2ccc(Cl)cc21.Cl. The Morgan fingerprint density at radius 1 is 0.960 bits per heavy atom. The monoisotopic (exact) mass is 725 g/mol. The molecule has 2 aliphatic heterocycles.